The highest BCUT2D eigenvalue weighted by Crippen LogP contribution is 2.23. The number of fused-ring (bicyclic) bond motifs is 1. The second-order valence-corrected chi connectivity index (χ2v) is 8.64. The number of hydrogen-bond donors (Lipinski definition) is 0. The van der Waals surface area contributed by atoms with Crippen molar-refractivity contribution in [1.29, 1.82) is 0 Å². The topological polar surface area (TPSA) is 34.4 Å². The van der Waals surface area contributed by atoms with Gasteiger partial charge in [-0.1, -0.05) is 67.7 Å². The first-order chi connectivity index (χ1) is 13.1. The van der Waals surface area contributed by atoms with Crippen LogP contribution in [-0.4, -0.2) is 16.2 Å². The van der Waals surface area contributed by atoms with E-state index in [2.05, 4.69) is 60.3 Å². The van der Waals surface area contributed by atoms with Crippen LogP contribution in [0.25, 0.3) is 10.2 Å². The first-order valence-electron chi connectivity index (χ1n) is 9.02. The molecule has 0 radical (unpaired) electrons. The number of amides is 1. The van der Waals surface area contributed by atoms with Crippen LogP contribution in [0, 0.1) is 0 Å². The van der Waals surface area contributed by atoms with Gasteiger partial charge in [-0.05, 0) is 29.2 Å². The molecule has 0 unspecified atom stereocenters. The van der Waals surface area contributed by atoms with E-state index in [1.54, 1.807) is 23.1 Å². The number of benzene rings is 2. The number of carbonyl (C=O) groups is 1. The largest absolute Gasteiger partial charge is 0.313 e. The van der Waals surface area contributed by atoms with Crippen LogP contribution in [0.5, 0.6) is 0 Å². The van der Waals surface area contributed by atoms with Crippen molar-refractivity contribution in [2.75, 3.05) is 5.75 Å². The molecule has 3 aromatic rings. The summed E-state index contributed by atoms with van der Waals surface area (Å²) in [4.78, 5) is 17.5. The lowest BCUT2D eigenvalue weighted by Gasteiger charge is -2.05. The SMILES string of the molecule is C=CCn1c(=NC(=O)CSCc2ccccc2)sc2cc(C(C)C)ccc21. The number of nitrogens with zero attached hydrogens (tertiary/aromatic N) is 2. The van der Waals surface area contributed by atoms with Crippen molar-refractivity contribution in [3.63, 3.8) is 0 Å². The molecular weight excluding hydrogens is 372 g/mol. The van der Waals surface area contributed by atoms with Crippen molar-refractivity contribution in [2.45, 2.75) is 32.1 Å². The van der Waals surface area contributed by atoms with Crippen LogP contribution in [0.4, 0.5) is 0 Å². The Hall–Kier alpha value is -2.11. The van der Waals surface area contributed by atoms with E-state index in [-0.39, 0.29) is 5.91 Å². The second kappa shape index (κ2) is 9.20. The molecule has 27 heavy (non-hydrogen) atoms. The summed E-state index contributed by atoms with van der Waals surface area (Å²) in [5, 5.41) is 0. The second-order valence-electron chi connectivity index (χ2n) is 6.65. The molecule has 140 valence electrons. The Morgan fingerprint density at radius 2 is 2.04 bits per heavy atom. The average molecular weight is 397 g/mol. The summed E-state index contributed by atoms with van der Waals surface area (Å²) in [6.07, 6.45) is 1.84. The summed E-state index contributed by atoms with van der Waals surface area (Å²) in [6.45, 7) is 8.86. The van der Waals surface area contributed by atoms with Crippen LogP contribution < -0.4 is 4.80 Å². The highest BCUT2D eigenvalue weighted by Gasteiger charge is 2.09. The first-order valence-corrected chi connectivity index (χ1v) is 11.0. The molecule has 0 aliphatic heterocycles. The van der Waals surface area contributed by atoms with E-state index in [9.17, 15) is 4.79 Å². The van der Waals surface area contributed by atoms with Crippen molar-refractivity contribution in [2.24, 2.45) is 4.99 Å². The Labute approximate surface area is 168 Å². The Balaban J connectivity index is 1.81. The molecule has 0 saturated heterocycles. The maximum Gasteiger partial charge on any atom is 0.258 e. The van der Waals surface area contributed by atoms with Gasteiger partial charge >= 0.3 is 0 Å². The van der Waals surface area contributed by atoms with Crippen molar-refractivity contribution in [3.05, 3.63) is 77.1 Å². The van der Waals surface area contributed by atoms with Crippen LogP contribution in [0.15, 0.2) is 66.2 Å². The molecule has 0 bridgehead atoms. The summed E-state index contributed by atoms with van der Waals surface area (Å²) in [5.74, 6) is 1.58. The van der Waals surface area contributed by atoms with E-state index in [1.165, 1.54) is 11.1 Å². The Morgan fingerprint density at radius 1 is 1.26 bits per heavy atom. The van der Waals surface area contributed by atoms with Crippen LogP contribution in [0.3, 0.4) is 0 Å². The van der Waals surface area contributed by atoms with Crippen molar-refractivity contribution >= 4 is 39.2 Å². The van der Waals surface area contributed by atoms with Gasteiger partial charge in [-0.3, -0.25) is 4.79 Å². The molecule has 2 aromatic carbocycles. The summed E-state index contributed by atoms with van der Waals surface area (Å²) < 4.78 is 3.23. The number of thiazole rings is 1. The number of aromatic nitrogens is 1. The number of carbonyl (C=O) groups excluding carboxylic acids is 1. The van der Waals surface area contributed by atoms with Crippen molar-refractivity contribution in [1.82, 2.24) is 4.57 Å². The molecule has 1 heterocycles. The average Bonchev–Trinajstić information content (AvgIpc) is 2.99. The number of allylic oxidation sites excluding steroid dienone is 1. The monoisotopic (exact) mass is 396 g/mol. The van der Waals surface area contributed by atoms with Gasteiger partial charge in [0.15, 0.2) is 4.80 Å². The van der Waals surface area contributed by atoms with Crippen LogP contribution in [0.2, 0.25) is 0 Å². The maximum atomic E-state index is 12.4. The van der Waals surface area contributed by atoms with E-state index in [4.69, 9.17) is 0 Å². The van der Waals surface area contributed by atoms with E-state index in [1.807, 2.05) is 24.3 Å². The fourth-order valence-corrected chi connectivity index (χ4v) is 4.68. The smallest absolute Gasteiger partial charge is 0.258 e. The minimum Gasteiger partial charge on any atom is -0.313 e. The summed E-state index contributed by atoms with van der Waals surface area (Å²) in [5.41, 5.74) is 3.62. The van der Waals surface area contributed by atoms with Gasteiger partial charge in [-0.2, -0.15) is 4.99 Å². The molecule has 1 amide bonds. The highest BCUT2D eigenvalue weighted by molar-refractivity contribution is 7.99. The Bertz CT molecular complexity index is 1000. The molecule has 5 heteroatoms. The maximum absolute atomic E-state index is 12.4. The third-order valence-corrected chi connectivity index (χ3v) is 6.27. The lowest BCUT2D eigenvalue weighted by Crippen LogP contribution is -2.16. The number of hydrogen-bond acceptors (Lipinski definition) is 3. The molecule has 0 N–H and O–H groups in total. The lowest BCUT2D eigenvalue weighted by atomic mass is 10.0. The Kier molecular flexibility index (Phi) is 6.69. The Morgan fingerprint density at radius 3 is 2.74 bits per heavy atom. The zero-order valence-corrected chi connectivity index (χ0v) is 17.4. The fourth-order valence-electron chi connectivity index (χ4n) is 2.81. The van der Waals surface area contributed by atoms with Gasteiger partial charge in [-0.15, -0.1) is 18.3 Å². The summed E-state index contributed by atoms with van der Waals surface area (Å²) in [7, 11) is 0. The number of rotatable bonds is 7. The molecule has 0 spiro atoms. The van der Waals surface area contributed by atoms with Gasteiger partial charge in [0, 0.05) is 12.3 Å². The molecule has 0 saturated carbocycles. The lowest BCUT2D eigenvalue weighted by molar-refractivity contribution is -0.115. The summed E-state index contributed by atoms with van der Waals surface area (Å²) in [6, 6.07) is 16.7. The zero-order valence-electron chi connectivity index (χ0n) is 15.7. The fraction of sp³-hybridized carbons (Fsp3) is 0.273. The third-order valence-electron chi connectivity index (χ3n) is 4.24. The van der Waals surface area contributed by atoms with Crippen molar-refractivity contribution in [3.8, 4) is 0 Å². The van der Waals surface area contributed by atoms with Crippen LogP contribution >= 0.6 is 23.1 Å². The van der Waals surface area contributed by atoms with Crippen LogP contribution in [0.1, 0.15) is 30.9 Å². The first kappa shape index (κ1) is 19.6. The highest BCUT2D eigenvalue weighted by atomic mass is 32.2. The van der Waals surface area contributed by atoms with Gasteiger partial charge in [0.25, 0.3) is 5.91 Å². The minimum atomic E-state index is -0.0932. The molecule has 3 nitrogen and oxygen atoms in total. The molecular formula is C22H24N2OS2. The van der Waals surface area contributed by atoms with Gasteiger partial charge < -0.3 is 4.57 Å². The predicted molar refractivity (Wildman–Crippen MR) is 117 cm³/mol. The molecule has 0 aliphatic carbocycles. The van der Waals surface area contributed by atoms with E-state index >= 15 is 0 Å². The molecule has 0 atom stereocenters. The quantitative estimate of drug-likeness (QED) is 0.503. The zero-order chi connectivity index (χ0) is 19.2. The van der Waals surface area contributed by atoms with E-state index in [0.29, 0.717) is 18.2 Å². The van der Waals surface area contributed by atoms with Gasteiger partial charge in [0.05, 0.1) is 16.0 Å². The molecule has 1 aromatic heterocycles. The third kappa shape index (κ3) is 4.99. The standard InChI is InChI=1S/C22H24N2OS2/c1-4-12-24-19-11-10-18(16(2)3)13-20(19)27-22(24)23-21(25)15-26-14-17-8-6-5-7-9-17/h4-11,13,16H,1,12,14-15H2,2-3H3. The van der Waals surface area contributed by atoms with Crippen LogP contribution in [-0.2, 0) is 17.1 Å². The van der Waals surface area contributed by atoms with Gasteiger partial charge in [0.1, 0.15) is 0 Å². The normalized spacial score (nSPS) is 12.0. The molecule has 0 aliphatic rings. The minimum absolute atomic E-state index is 0.0932. The summed E-state index contributed by atoms with van der Waals surface area (Å²) >= 11 is 3.17. The number of thioether (sulfide) groups is 1. The van der Waals surface area contributed by atoms with E-state index < -0.39 is 0 Å². The van der Waals surface area contributed by atoms with Gasteiger partial charge in [-0.25, -0.2) is 0 Å². The van der Waals surface area contributed by atoms with E-state index in [0.717, 1.165) is 20.8 Å². The van der Waals surface area contributed by atoms with Crippen molar-refractivity contribution < 1.29 is 4.79 Å². The van der Waals surface area contributed by atoms with Gasteiger partial charge in [0.2, 0.25) is 0 Å². The molecule has 3 rings (SSSR count). The predicted octanol–water partition coefficient (Wildman–Crippen LogP) is 5.37. The molecule has 0 fully saturated rings.